The Bertz CT molecular complexity index is 831. The molecule has 7 nitrogen and oxygen atoms in total. The van der Waals surface area contributed by atoms with Crippen molar-refractivity contribution in [2.75, 3.05) is 46.5 Å². The van der Waals surface area contributed by atoms with Crippen molar-refractivity contribution in [3.8, 4) is 23.0 Å². The van der Waals surface area contributed by atoms with E-state index in [0.29, 0.717) is 30.2 Å². The molecule has 0 radical (unpaired) electrons. The average Bonchev–Trinajstić information content (AvgIpc) is 3.18. The zero-order valence-corrected chi connectivity index (χ0v) is 17.7. The van der Waals surface area contributed by atoms with Crippen LogP contribution < -0.4 is 24.3 Å². The Morgan fingerprint density at radius 2 is 1.79 bits per heavy atom. The van der Waals surface area contributed by atoms with E-state index in [1.54, 1.807) is 26.4 Å². The van der Waals surface area contributed by atoms with Crippen LogP contribution in [0.2, 0.25) is 0 Å². The fourth-order valence-electron chi connectivity index (χ4n) is 2.96. The van der Waals surface area contributed by atoms with Crippen molar-refractivity contribution in [3.05, 3.63) is 42.0 Å². The third-order valence-electron chi connectivity index (χ3n) is 4.61. The molecule has 1 amide bonds. The van der Waals surface area contributed by atoms with Gasteiger partial charge in [-0.3, -0.25) is 4.79 Å². The van der Waals surface area contributed by atoms with Crippen molar-refractivity contribution in [2.45, 2.75) is 12.8 Å². The first kappa shape index (κ1) is 22.6. The summed E-state index contributed by atoms with van der Waals surface area (Å²) in [6.07, 6.45) is 1.28. The first-order valence-electron chi connectivity index (χ1n) is 9.18. The van der Waals surface area contributed by atoms with Gasteiger partial charge in [-0.05, 0) is 43.3 Å². The molecule has 0 aliphatic carbocycles. The van der Waals surface area contributed by atoms with Crippen molar-refractivity contribution in [3.63, 3.8) is 0 Å². The van der Waals surface area contributed by atoms with Crippen LogP contribution in [0.15, 0.2) is 36.4 Å². The lowest BCUT2D eigenvalue weighted by Gasteiger charge is -2.17. The minimum absolute atomic E-state index is 0. The van der Waals surface area contributed by atoms with Crippen LogP contribution in [0.25, 0.3) is 0 Å². The van der Waals surface area contributed by atoms with Gasteiger partial charge in [-0.15, -0.1) is 12.4 Å². The molecule has 1 N–H and O–H groups in total. The van der Waals surface area contributed by atoms with Gasteiger partial charge in [0, 0.05) is 31.3 Å². The molecule has 2 aromatic rings. The van der Waals surface area contributed by atoms with E-state index in [2.05, 4.69) is 10.2 Å². The monoisotopic (exact) mass is 422 g/mol. The maximum Gasteiger partial charge on any atom is 0.231 e. The van der Waals surface area contributed by atoms with E-state index in [9.17, 15) is 4.79 Å². The smallest absolute Gasteiger partial charge is 0.231 e. The number of hydrogen-bond acceptors (Lipinski definition) is 6. The van der Waals surface area contributed by atoms with Gasteiger partial charge in [-0.1, -0.05) is 6.07 Å². The van der Waals surface area contributed by atoms with E-state index in [1.165, 1.54) is 0 Å². The Labute approximate surface area is 177 Å². The molecular formula is C21H27ClN2O5. The topological polar surface area (TPSA) is 69.3 Å². The van der Waals surface area contributed by atoms with E-state index in [1.807, 2.05) is 31.3 Å². The molecule has 0 atom stereocenters. The molecule has 0 spiro atoms. The number of likely N-dealkylation sites (N-methyl/N-ethyl adjacent to an activating group) is 1. The van der Waals surface area contributed by atoms with E-state index < -0.39 is 0 Å². The molecule has 1 heterocycles. The van der Waals surface area contributed by atoms with Crippen LogP contribution in [0.3, 0.4) is 0 Å². The summed E-state index contributed by atoms with van der Waals surface area (Å²) < 4.78 is 21.2. The highest BCUT2D eigenvalue weighted by Crippen LogP contribution is 2.34. The number of amides is 1. The van der Waals surface area contributed by atoms with Gasteiger partial charge in [-0.2, -0.15) is 0 Å². The summed E-state index contributed by atoms with van der Waals surface area (Å²) in [5.41, 5.74) is 1.87. The molecule has 0 aromatic heterocycles. The number of nitrogens with zero attached hydrogens (tertiary/aromatic N) is 1. The number of halogens is 1. The molecule has 29 heavy (non-hydrogen) atoms. The lowest BCUT2D eigenvalue weighted by Crippen LogP contribution is -2.26. The van der Waals surface area contributed by atoms with Crippen LogP contribution in [0, 0.1) is 0 Å². The largest absolute Gasteiger partial charge is 0.493 e. The number of methoxy groups -OCH3 is 2. The Kier molecular flexibility index (Phi) is 8.42. The van der Waals surface area contributed by atoms with Crippen molar-refractivity contribution >= 4 is 24.0 Å². The van der Waals surface area contributed by atoms with Gasteiger partial charge in [-0.25, -0.2) is 0 Å². The Hall–Kier alpha value is -2.64. The van der Waals surface area contributed by atoms with Gasteiger partial charge in [0.15, 0.2) is 23.0 Å². The molecule has 1 aliphatic heterocycles. The van der Waals surface area contributed by atoms with Crippen LogP contribution in [-0.2, 0) is 11.2 Å². The molecule has 0 fully saturated rings. The molecule has 1 aliphatic rings. The van der Waals surface area contributed by atoms with E-state index in [0.717, 1.165) is 30.0 Å². The number of anilines is 1. The van der Waals surface area contributed by atoms with Crippen LogP contribution in [0.4, 0.5) is 5.69 Å². The minimum atomic E-state index is -0.0307. The number of carbonyl (C=O) groups excluding carboxylic acids is 1. The van der Waals surface area contributed by atoms with Gasteiger partial charge in [0.2, 0.25) is 12.7 Å². The second-order valence-corrected chi connectivity index (χ2v) is 6.61. The maximum absolute atomic E-state index is 12.2. The fraction of sp³-hybridized carbons (Fsp3) is 0.381. The third kappa shape index (κ3) is 6.17. The lowest BCUT2D eigenvalue weighted by atomic mass is 10.1. The number of carbonyl (C=O) groups is 1. The minimum Gasteiger partial charge on any atom is -0.493 e. The molecule has 2 aromatic carbocycles. The molecule has 3 rings (SSSR count). The summed E-state index contributed by atoms with van der Waals surface area (Å²) in [5, 5.41) is 2.90. The van der Waals surface area contributed by atoms with Gasteiger partial charge in [0.25, 0.3) is 0 Å². The van der Waals surface area contributed by atoms with Gasteiger partial charge in [0.1, 0.15) is 0 Å². The van der Waals surface area contributed by atoms with Gasteiger partial charge in [0.05, 0.1) is 14.2 Å². The van der Waals surface area contributed by atoms with Crippen LogP contribution in [-0.4, -0.2) is 52.0 Å². The van der Waals surface area contributed by atoms with Gasteiger partial charge >= 0.3 is 0 Å². The molecule has 0 bridgehead atoms. The molecule has 158 valence electrons. The average molecular weight is 423 g/mol. The van der Waals surface area contributed by atoms with Crippen molar-refractivity contribution in [2.24, 2.45) is 0 Å². The number of benzene rings is 2. The SMILES string of the molecule is COc1ccc(CCN(C)CCC(=O)Nc2ccc3c(c2)OCO3)cc1OC.Cl. The normalized spacial score (nSPS) is 11.7. The standard InChI is InChI=1S/C21H26N2O5.ClH/c1-23(10-8-15-4-6-17(25-2)19(12-15)26-3)11-9-21(24)22-16-5-7-18-20(13-16)28-14-27-18;/h4-7,12-13H,8-11,14H2,1-3H3,(H,22,24);1H. The quantitative estimate of drug-likeness (QED) is 0.668. The van der Waals surface area contributed by atoms with Crippen LogP contribution in [0.5, 0.6) is 23.0 Å². The Morgan fingerprint density at radius 3 is 2.55 bits per heavy atom. The summed E-state index contributed by atoms with van der Waals surface area (Å²) in [5.74, 6) is 2.78. The first-order chi connectivity index (χ1) is 13.6. The number of rotatable bonds is 9. The number of nitrogens with one attached hydrogen (secondary N) is 1. The highest BCUT2D eigenvalue weighted by atomic mass is 35.5. The van der Waals surface area contributed by atoms with Crippen molar-refractivity contribution in [1.29, 1.82) is 0 Å². The molecule has 0 saturated carbocycles. The Balaban J connectivity index is 0.00000300. The van der Waals surface area contributed by atoms with E-state index in [-0.39, 0.29) is 25.1 Å². The fourth-order valence-corrected chi connectivity index (χ4v) is 2.96. The Morgan fingerprint density at radius 1 is 1.03 bits per heavy atom. The highest BCUT2D eigenvalue weighted by Gasteiger charge is 2.14. The number of ether oxygens (including phenoxy) is 4. The summed E-state index contributed by atoms with van der Waals surface area (Å²) >= 11 is 0. The van der Waals surface area contributed by atoms with Crippen LogP contribution in [0.1, 0.15) is 12.0 Å². The first-order valence-corrected chi connectivity index (χ1v) is 9.18. The van der Waals surface area contributed by atoms with E-state index in [4.69, 9.17) is 18.9 Å². The summed E-state index contributed by atoms with van der Waals surface area (Å²) in [7, 11) is 5.26. The zero-order chi connectivity index (χ0) is 19.9. The molecule has 0 unspecified atom stereocenters. The second kappa shape index (κ2) is 10.8. The number of fused-ring (bicyclic) bond motifs is 1. The lowest BCUT2D eigenvalue weighted by molar-refractivity contribution is -0.116. The zero-order valence-electron chi connectivity index (χ0n) is 16.9. The van der Waals surface area contributed by atoms with Crippen molar-refractivity contribution < 1.29 is 23.7 Å². The maximum atomic E-state index is 12.2. The highest BCUT2D eigenvalue weighted by molar-refractivity contribution is 5.91. The summed E-state index contributed by atoms with van der Waals surface area (Å²) in [4.78, 5) is 14.3. The predicted molar refractivity (Wildman–Crippen MR) is 114 cm³/mol. The van der Waals surface area contributed by atoms with Crippen molar-refractivity contribution in [1.82, 2.24) is 4.90 Å². The summed E-state index contributed by atoms with van der Waals surface area (Å²) in [6, 6.07) is 11.3. The van der Waals surface area contributed by atoms with Crippen LogP contribution >= 0.6 is 12.4 Å². The summed E-state index contributed by atoms with van der Waals surface area (Å²) in [6.45, 7) is 1.73. The number of hydrogen-bond donors (Lipinski definition) is 1. The molecule has 8 heteroatoms. The predicted octanol–water partition coefficient (Wildman–Crippen LogP) is 3.36. The molecular weight excluding hydrogens is 396 g/mol. The second-order valence-electron chi connectivity index (χ2n) is 6.61. The van der Waals surface area contributed by atoms with Gasteiger partial charge < -0.3 is 29.2 Å². The molecule has 0 saturated heterocycles. The third-order valence-corrected chi connectivity index (χ3v) is 4.61. The van der Waals surface area contributed by atoms with E-state index >= 15 is 0 Å².